The van der Waals surface area contributed by atoms with Gasteiger partial charge < -0.3 is 38.9 Å². The molecule has 14 nitrogen and oxygen atoms in total. The van der Waals surface area contributed by atoms with Crippen molar-refractivity contribution in [2.45, 2.75) is 25.9 Å². The summed E-state index contributed by atoms with van der Waals surface area (Å²) >= 11 is 0. The van der Waals surface area contributed by atoms with Crippen molar-refractivity contribution in [2.75, 3.05) is 97.9 Å². The van der Waals surface area contributed by atoms with Crippen LogP contribution in [0.4, 0.5) is 5.69 Å². The quantitative estimate of drug-likeness (QED) is 0.133. The number of nitrogens with zero attached hydrogens (tertiary/aromatic N) is 7. The van der Waals surface area contributed by atoms with Crippen LogP contribution in [-0.2, 0) is 13.1 Å². The van der Waals surface area contributed by atoms with E-state index in [0.717, 1.165) is 78.3 Å². The van der Waals surface area contributed by atoms with Crippen LogP contribution in [0.1, 0.15) is 24.4 Å². The summed E-state index contributed by atoms with van der Waals surface area (Å²) in [6.45, 7) is 10.8. The Morgan fingerprint density at radius 3 is 1.93 bits per heavy atom. The number of benzene rings is 2. The van der Waals surface area contributed by atoms with Crippen LogP contribution in [0.5, 0.6) is 5.88 Å². The molecule has 0 bridgehead atoms. The van der Waals surface area contributed by atoms with Gasteiger partial charge in [0.15, 0.2) is 0 Å². The molecule has 6 heterocycles. The van der Waals surface area contributed by atoms with E-state index in [9.17, 15) is 19.5 Å². The third-order valence-corrected chi connectivity index (χ3v) is 11.1. The fourth-order valence-corrected chi connectivity index (χ4v) is 7.99. The van der Waals surface area contributed by atoms with Crippen LogP contribution in [-0.4, -0.2) is 126 Å². The van der Waals surface area contributed by atoms with Crippen molar-refractivity contribution in [1.82, 2.24) is 28.7 Å². The summed E-state index contributed by atoms with van der Waals surface area (Å²) in [5.74, 6) is 0.693. The second kappa shape index (κ2) is 15.4. The zero-order valence-corrected chi connectivity index (χ0v) is 31.1. The number of likely N-dealkylation sites (N-methyl/N-ethyl adjacent to an activating group) is 2. The van der Waals surface area contributed by atoms with E-state index in [1.165, 1.54) is 21.7 Å². The molecule has 2 N–H and O–H groups in total. The number of rotatable bonds is 13. The Morgan fingerprint density at radius 1 is 0.722 bits per heavy atom. The maximum Gasteiger partial charge on any atom is 0.263 e. The second-order valence-corrected chi connectivity index (χ2v) is 14.8. The number of nitrogens with one attached hydrogen (secondary N) is 1. The molecule has 3 aromatic heterocycles. The topological polar surface area (TPSA) is 145 Å². The minimum atomic E-state index is -0.507. The fraction of sp³-hybridized carbons (Fsp3) is 0.450. The lowest BCUT2D eigenvalue weighted by molar-refractivity contribution is 0.153. The van der Waals surface area contributed by atoms with Gasteiger partial charge in [-0.1, -0.05) is 0 Å². The van der Waals surface area contributed by atoms with Crippen molar-refractivity contribution >= 4 is 27.2 Å². The maximum absolute atomic E-state index is 14.5. The fourth-order valence-electron chi connectivity index (χ4n) is 7.99. The highest BCUT2D eigenvalue weighted by Crippen LogP contribution is 2.41. The van der Waals surface area contributed by atoms with Crippen LogP contribution in [0.2, 0.25) is 0 Å². The maximum atomic E-state index is 14.5. The Balaban J connectivity index is 1.27. The van der Waals surface area contributed by atoms with E-state index in [1.54, 1.807) is 36.4 Å². The number of hydrogen-bond donors (Lipinski definition) is 2. The first-order chi connectivity index (χ1) is 26.3. The van der Waals surface area contributed by atoms with Crippen LogP contribution in [0, 0.1) is 0 Å². The molecule has 1 aromatic carbocycles. The summed E-state index contributed by atoms with van der Waals surface area (Å²) in [5, 5.41) is 17.0. The summed E-state index contributed by atoms with van der Waals surface area (Å²) in [5.41, 5.74) is -0.380. The van der Waals surface area contributed by atoms with Crippen LogP contribution in [0.15, 0.2) is 77.1 Å². The molecule has 14 heteroatoms. The van der Waals surface area contributed by atoms with E-state index in [1.807, 2.05) is 0 Å². The Kier molecular flexibility index (Phi) is 10.2. The zero-order valence-electron chi connectivity index (χ0n) is 31.1. The van der Waals surface area contributed by atoms with Gasteiger partial charge in [0.2, 0.25) is 5.88 Å². The minimum absolute atomic E-state index is 0.00643. The summed E-state index contributed by atoms with van der Waals surface area (Å²) < 4.78 is 13.6. The molecule has 3 aliphatic heterocycles. The molecule has 1 aliphatic carbocycles. The second-order valence-electron chi connectivity index (χ2n) is 14.8. The van der Waals surface area contributed by atoms with Crippen LogP contribution >= 0.6 is 0 Å². The van der Waals surface area contributed by atoms with Crippen molar-refractivity contribution in [3.63, 3.8) is 0 Å². The molecule has 284 valence electrons. The van der Waals surface area contributed by atoms with Crippen molar-refractivity contribution < 1.29 is 13.9 Å². The normalized spacial score (nSPS) is 17.2. The molecule has 4 aliphatic rings. The Morgan fingerprint density at radius 2 is 1.31 bits per heavy atom. The highest BCUT2D eigenvalue weighted by Gasteiger charge is 2.29. The summed E-state index contributed by atoms with van der Waals surface area (Å²) in [4.78, 5) is 57.9. The number of hydrogen-bond acceptors (Lipinski definition) is 12. The molecule has 8 rings (SSSR count). The predicted octanol–water partition coefficient (Wildman–Crippen LogP) is 2.23. The number of piperazine rings is 2. The number of anilines is 1. The summed E-state index contributed by atoms with van der Waals surface area (Å²) in [6, 6.07) is 10.3. The van der Waals surface area contributed by atoms with Gasteiger partial charge in [-0.2, -0.15) is 0 Å². The molecular formula is C40H48N8O6. The first kappa shape index (κ1) is 36.0. The minimum Gasteiger partial charge on any atom is -0.494 e. The van der Waals surface area contributed by atoms with Crippen LogP contribution < -0.4 is 27.4 Å². The third kappa shape index (κ3) is 7.02. The first-order valence-corrected chi connectivity index (χ1v) is 19.0. The van der Waals surface area contributed by atoms with E-state index >= 15 is 0 Å². The van der Waals surface area contributed by atoms with Gasteiger partial charge in [0.05, 0.1) is 47.3 Å². The van der Waals surface area contributed by atoms with Gasteiger partial charge in [0.1, 0.15) is 11.5 Å². The van der Waals surface area contributed by atoms with Gasteiger partial charge in [0.25, 0.3) is 16.7 Å². The van der Waals surface area contributed by atoms with Crippen molar-refractivity contribution in [3.05, 3.63) is 96.9 Å². The first-order valence-electron chi connectivity index (χ1n) is 19.0. The van der Waals surface area contributed by atoms with Gasteiger partial charge in [-0.05, 0) is 76.4 Å². The molecular weight excluding hydrogens is 688 g/mol. The highest BCUT2D eigenvalue weighted by molar-refractivity contribution is 6.18. The van der Waals surface area contributed by atoms with Gasteiger partial charge in [-0.3, -0.25) is 28.5 Å². The Labute approximate surface area is 312 Å². The third-order valence-electron chi connectivity index (χ3n) is 11.1. The lowest BCUT2D eigenvalue weighted by Gasteiger charge is -2.32. The van der Waals surface area contributed by atoms with Crippen LogP contribution in [0.25, 0.3) is 32.7 Å². The van der Waals surface area contributed by atoms with E-state index in [0.29, 0.717) is 52.0 Å². The largest absolute Gasteiger partial charge is 0.494 e. The zero-order chi connectivity index (χ0) is 37.3. The van der Waals surface area contributed by atoms with E-state index in [4.69, 9.17) is 13.8 Å². The van der Waals surface area contributed by atoms with Gasteiger partial charge >= 0.3 is 0 Å². The van der Waals surface area contributed by atoms with E-state index in [2.05, 4.69) is 39.0 Å². The lowest BCUT2D eigenvalue weighted by Crippen LogP contribution is -2.44. The average Bonchev–Trinajstić information content (AvgIpc) is 3.90. The Hall–Kier alpha value is -5.02. The van der Waals surface area contributed by atoms with Gasteiger partial charge in [-0.25, -0.2) is 0 Å². The van der Waals surface area contributed by atoms with Gasteiger partial charge in [-0.15, -0.1) is 0 Å². The van der Waals surface area contributed by atoms with Crippen molar-refractivity contribution in [1.29, 1.82) is 0 Å². The number of furan rings is 2. The molecule has 2 fully saturated rings. The Bertz CT molecular complexity index is 2410. The SMILES string of the molecule is CN1CCN(CCCN=c2cc3c(=O)n(Cc4ccco4)c(=O)c4c(NCCCN5CCN(C)CC5)cc5c(O)n(Cc6ccco6)c(=O)c2c5c4-3)CC1. The smallest absolute Gasteiger partial charge is 0.263 e. The number of aromatic hydroxyl groups is 1. The summed E-state index contributed by atoms with van der Waals surface area (Å²) in [7, 11) is 4.26. The molecule has 2 saturated heterocycles. The van der Waals surface area contributed by atoms with Crippen LogP contribution in [0.3, 0.4) is 0 Å². The molecule has 4 aromatic rings. The van der Waals surface area contributed by atoms with Crippen molar-refractivity contribution in [2.24, 2.45) is 4.99 Å². The molecule has 54 heavy (non-hydrogen) atoms. The molecule has 0 radical (unpaired) electrons. The highest BCUT2D eigenvalue weighted by atomic mass is 16.3. The molecule has 0 spiro atoms. The van der Waals surface area contributed by atoms with Crippen molar-refractivity contribution in [3.8, 4) is 17.0 Å². The monoisotopic (exact) mass is 736 g/mol. The molecule has 0 atom stereocenters. The van der Waals surface area contributed by atoms with E-state index < -0.39 is 16.7 Å². The lowest BCUT2D eigenvalue weighted by atomic mass is 9.89. The number of pyridine rings is 2. The molecule has 0 saturated carbocycles. The number of aromatic nitrogens is 2. The standard InChI is InChI=1S/C40H48N8O6/c1-43-13-17-45(18-14-43)11-5-9-41-31-23-29-34-33-30(38(50)47(39(51)35(31)33)25-27-7-3-21-53-27)24-32(42-10-6-12-46-19-15-44(2)16-20-46)36(34)40(52)48(37(29)49)26-28-8-4-22-54-28/h3-4,7-8,21-24,41,49H,5-6,9-20,25-26H2,1-2H3. The average molecular weight is 737 g/mol. The predicted molar refractivity (Wildman–Crippen MR) is 209 cm³/mol. The molecule has 0 amide bonds. The van der Waals surface area contributed by atoms with E-state index in [-0.39, 0.29) is 35.3 Å². The molecule has 0 unspecified atom stereocenters. The summed E-state index contributed by atoms with van der Waals surface area (Å²) in [6.07, 6.45) is 4.63. The van der Waals surface area contributed by atoms with Gasteiger partial charge in [0, 0.05) is 87.5 Å².